The number of pyridine rings is 1. The van der Waals surface area contributed by atoms with Crippen LogP contribution in [-0.2, 0) is 22.4 Å². The van der Waals surface area contributed by atoms with Gasteiger partial charge >= 0.3 is 0 Å². The predicted octanol–water partition coefficient (Wildman–Crippen LogP) is 4.62. The van der Waals surface area contributed by atoms with Crippen molar-refractivity contribution in [2.45, 2.75) is 46.3 Å². The van der Waals surface area contributed by atoms with Crippen molar-refractivity contribution < 1.29 is 23.6 Å². The standard InChI is InChI=1S/C28H30N2O5S/c1-18-14-25(34-13-12-28(3,4)32)29-19(2)26(18)22-7-5-6-20(15-22)16-35-23-10-8-21(9-11-23)24-17-36(33)30-27(24)31/h5-11,14-15,17,32H,12-13,16H2,1-4H3,(H,30,31). The molecule has 0 aliphatic carbocycles. The number of hydrogen-bond acceptors (Lipinski definition) is 6. The number of nitrogens with zero attached hydrogens (tertiary/aromatic N) is 1. The van der Waals surface area contributed by atoms with E-state index in [0.717, 1.165) is 27.9 Å². The molecule has 1 aromatic heterocycles. The van der Waals surface area contributed by atoms with Crippen LogP contribution in [0.15, 0.2) is 60.0 Å². The summed E-state index contributed by atoms with van der Waals surface area (Å²) >= 11 is 0. The Bertz CT molecular complexity index is 1300. The molecule has 1 aliphatic heterocycles. The van der Waals surface area contributed by atoms with Gasteiger partial charge in [0.15, 0.2) is 0 Å². The molecule has 1 amide bonds. The van der Waals surface area contributed by atoms with E-state index < -0.39 is 16.6 Å². The van der Waals surface area contributed by atoms with Gasteiger partial charge in [0.05, 0.1) is 17.8 Å². The summed E-state index contributed by atoms with van der Waals surface area (Å²) in [5, 5.41) is 11.3. The third kappa shape index (κ3) is 6.38. The first-order chi connectivity index (χ1) is 17.1. The molecule has 7 nitrogen and oxygen atoms in total. The van der Waals surface area contributed by atoms with Crippen molar-refractivity contribution in [2.75, 3.05) is 6.61 Å². The molecule has 1 atom stereocenters. The van der Waals surface area contributed by atoms with Crippen molar-refractivity contribution in [3.05, 3.63) is 82.4 Å². The third-order valence-electron chi connectivity index (χ3n) is 5.79. The van der Waals surface area contributed by atoms with E-state index in [9.17, 15) is 14.1 Å². The highest BCUT2D eigenvalue weighted by molar-refractivity contribution is 7.87. The van der Waals surface area contributed by atoms with Gasteiger partial charge in [-0.2, -0.15) is 0 Å². The number of amides is 1. The fourth-order valence-corrected chi connectivity index (χ4v) is 4.77. The van der Waals surface area contributed by atoms with Crippen molar-refractivity contribution in [1.82, 2.24) is 9.71 Å². The summed E-state index contributed by atoms with van der Waals surface area (Å²) in [7, 11) is -1.46. The first kappa shape index (κ1) is 25.6. The van der Waals surface area contributed by atoms with E-state index in [1.165, 1.54) is 5.41 Å². The Morgan fingerprint density at radius 3 is 2.42 bits per heavy atom. The number of hydrogen-bond donors (Lipinski definition) is 2. The van der Waals surface area contributed by atoms with E-state index >= 15 is 0 Å². The van der Waals surface area contributed by atoms with Crippen LogP contribution in [-0.4, -0.2) is 32.4 Å². The van der Waals surface area contributed by atoms with Crippen molar-refractivity contribution in [1.29, 1.82) is 0 Å². The molecule has 2 heterocycles. The first-order valence-electron chi connectivity index (χ1n) is 11.7. The van der Waals surface area contributed by atoms with Gasteiger partial charge < -0.3 is 14.6 Å². The maximum atomic E-state index is 11.9. The van der Waals surface area contributed by atoms with E-state index in [1.807, 2.05) is 32.0 Å². The second-order valence-corrected chi connectivity index (χ2v) is 10.5. The topological polar surface area (TPSA) is 97.8 Å². The van der Waals surface area contributed by atoms with Crippen LogP contribution in [0.2, 0.25) is 0 Å². The quantitative estimate of drug-likeness (QED) is 0.440. The highest BCUT2D eigenvalue weighted by Gasteiger charge is 2.21. The van der Waals surface area contributed by atoms with Gasteiger partial charge in [-0.1, -0.05) is 30.3 Å². The molecule has 1 aliphatic rings. The first-order valence-corrected chi connectivity index (χ1v) is 12.9. The fourth-order valence-electron chi connectivity index (χ4n) is 3.96. The zero-order valence-electron chi connectivity index (χ0n) is 20.8. The van der Waals surface area contributed by atoms with Crippen molar-refractivity contribution >= 4 is 22.5 Å². The summed E-state index contributed by atoms with van der Waals surface area (Å²) in [5.41, 5.74) is 5.35. The number of aliphatic hydroxyl groups is 1. The minimum atomic E-state index is -1.46. The molecule has 0 fully saturated rings. The molecular formula is C28H30N2O5S. The van der Waals surface area contributed by atoms with Gasteiger partial charge in [0.25, 0.3) is 5.91 Å². The van der Waals surface area contributed by atoms with Crippen molar-refractivity contribution in [3.63, 3.8) is 0 Å². The molecule has 4 rings (SSSR count). The Hall–Kier alpha value is -3.49. The molecule has 188 valence electrons. The van der Waals surface area contributed by atoms with Crippen LogP contribution in [0.3, 0.4) is 0 Å². The van der Waals surface area contributed by atoms with Crippen LogP contribution in [0.1, 0.15) is 42.7 Å². The fraction of sp³-hybridized carbons (Fsp3) is 0.286. The zero-order valence-corrected chi connectivity index (χ0v) is 21.6. The number of aromatic nitrogens is 1. The number of carbonyl (C=O) groups excluding carboxylic acids is 1. The van der Waals surface area contributed by atoms with Crippen LogP contribution in [0.4, 0.5) is 0 Å². The average molecular weight is 507 g/mol. The molecule has 36 heavy (non-hydrogen) atoms. The second kappa shape index (κ2) is 10.6. The summed E-state index contributed by atoms with van der Waals surface area (Å²) in [5.74, 6) is 0.886. The molecule has 0 radical (unpaired) electrons. The Kier molecular flexibility index (Phi) is 7.56. The molecule has 0 saturated heterocycles. The lowest BCUT2D eigenvalue weighted by Crippen LogP contribution is -2.22. The highest BCUT2D eigenvalue weighted by atomic mass is 32.2. The number of ether oxygens (including phenoxy) is 2. The maximum Gasteiger partial charge on any atom is 0.264 e. The number of benzene rings is 2. The monoisotopic (exact) mass is 506 g/mol. The lowest BCUT2D eigenvalue weighted by molar-refractivity contribution is -0.113. The Balaban J connectivity index is 1.43. The molecule has 0 spiro atoms. The molecule has 3 aromatic rings. The molecule has 1 unspecified atom stereocenters. The SMILES string of the molecule is Cc1cc(OCCC(C)(C)O)nc(C)c1-c1cccc(COc2ccc(C3=CS(=O)NC3=O)cc2)c1. The second-order valence-electron chi connectivity index (χ2n) is 9.42. The Morgan fingerprint density at radius 2 is 1.78 bits per heavy atom. The average Bonchev–Trinajstić information content (AvgIpc) is 3.15. The van der Waals surface area contributed by atoms with E-state index in [4.69, 9.17) is 9.47 Å². The van der Waals surface area contributed by atoms with Crippen molar-refractivity contribution in [2.24, 2.45) is 0 Å². The number of nitrogens with one attached hydrogen (secondary N) is 1. The van der Waals surface area contributed by atoms with Gasteiger partial charge in [0, 0.05) is 29.2 Å². The molecule has 2 aromatic carbocycles. The maximum absolute atomic E-state index is 11.9. The van der Waals surface area contributed by atoms with Crippen LogP contribution in [0.5, 0.6) is 11.6 Å². The lowest BCUT2D eigenvalue weighted by atomic mass is 9.98. The van der Waals surface area contributed by atoms with E-state index in [1.54, 1.807) is 38.1 Å². The van der Waals surface area contributed by atoms with Crippen molar-refractivity contribution in [3.8, 4) is 22.8 Å². The highest BCUT2D eigenvalue weighted by Crippen LogP contribution is 2.30. The van der Waals surface area contributed by atoms with Gasteiger partial charge in [-0.05, 0) is 68.1 Å². The van der Waals surface area contributed by atoms with E-state index in [0.29, 0.717) is 42.4 Å². The molecule has 0 saturated carbocycles. The summed E-state index contributed by atoms with van der Waals surface area (Å²) in [6, 6.07) is 17.2. The van der Waals surface area contributed by atoms with Crippen LogP contribution >= 0.6 is 0 Å². The summed E-state index contributed by atoms with van der Waals surface area (Å²) < 4.78 is 25.6. The molecule has 0 bridgehead atoms. The smallest absolute Gasteiger partial charge is 0.264 e. The minimum absolute atomic E-state index is 0.340. The Labute approximate surface area is 213 Å². The minimum Gasteiger partial charge on any atom is -0.489 e. The van der Waals surface area contributed by atoms with Gasteiger partial charge in [-0.15, -0.1) is 0 Å². The normalized spacial score (nSPS) is 15.4. The van der Waals surface area contributed by atoms with Crippen LogP contribution < -0.4 is 14.2 Å². The summed E-state index contributed by atoms with van der Waals surface area (Å²) in [6.07, 6.45) is 0.521. The van der Waals surface area contributed by atoms with E-state index in [-0.39, 0.29) is 5.91 Å². The molecular weight excluding hydrogens is 476 g/mol. The number of rotatable bonds is 9. The zero-order chi connectivity index (χ0) is 25.9. The summed E-state index contributed by atoms with van der Waals surface area (Å²) in [4.78, 5) is 16.5. The van der Waals surface area contributed by atoms with Gasteiger partial charge in [0.1, 0.15) is 23.3 Å². The molecule has 8 heteroatoms. The van der Waals surface area contributed by atoms with Gasteiger partial charge in [0.2, 0.25) is 5.88 Å². The number of carbonyl (C=O) groups is 1. The number of aryl methyl sites for hydroxylation is 2. The van der Waals surface area contributed by atoms with Gasteiger partial charge in [-0.3, -0.25) is 9.52 Å². The lowest BCUT2D eigenvalue weighted by Gasteiger charge is -2.18. The summed E-state index contributed by atoms with van der Waals surface area (Å²) in [6.45, 7) is 8.29. The van der Waals surface area contributed by atoms with Crippen LogP contribution in [0, 0.1) is 13.8 Å². The Morgan fingerprint density at radius 1 is 1.03 bits per heavy atom. The third-order valence-corrected chi connectivity index (χ3v) is 6.62. The van der Waals surface area contributed by atoms with Gasteiger partial charge in [-0.25, -0.2) is 9.19 Å². The predicted molar refractivity (Wildman–Crippen MR) is 141 cm³/mol. The molecule has 2 N–H and O–H groups in total. The van der Waals surface area contributed by atoms with E-state index in [2.05, 4.69) is 21.8 Å². The largest absolute Gasteiger partial charge is 0.489 e. The van der Waals surface area contributed by atoms with Crippen LogP contribution in [0.25, 0.3) is 16.7 Å².